The van der Waals surface area contributed by atoms with Gasteiger partial charge in [0.15, 0.2) is 5.90 Å². The molecule has 0 aliphatic heterocycles. The van der Waals surface area contributed by atoms with Crippen LogP contribution in [0.25, 0.3) is 0 Å². The Kier molecular flexibility index (Phi) is 2.59. The number of thiazole rings is 1. The molecule has 60 valence electrons. The number of hydrogen-bond acceptors (Lipinski definition) is 4. The number of rotatable bonds is 2. The first kappa shape index (κ1) is 8.20. The highest BCUT2D eigenvalue weighted by molar-refractivity contribution is 7.09. The molecule has 0 fully saturated rings. The molecule has 1 aromatic heterocycles. The molecule has 0 amide bonds. The normalized spacial score (nSPS) is 9.64. The Morgan fingerprint density at radius 2 is 2.55 bits per heavy atom. The first-order valence-electron chi connectivity index (χ1n) is 3.25. The minimum atomic E-state index is 0.263. The monoisotopic (exact) mass is 170 g/mol. The second-order valence-electron chi connectivity index (χ2n) is 2.19. The molecule has 1 heterocycles. The van der Waals surface area contributed by atoms with Crippen molar-refractivity contribution >= 4 is 17.2 Å². The van der Waals surface area contributed by atoms with E-state index >= 15 is 0 Å². The molecule has 11 heavy (non-hydrogen) atoms. The van der Waals surface area contributed by atoms with Crippen LogP contribution in [0.5, 0.6) is 0 Å². The Morgan fingerprint density at radius 1 is 1.82 bits per heavy atom. The van der Waals surface area contributed by atoms with E-state index in [1.54, 1.807) is 11.3 Å². The highest BCUT2D eigenvalue weighted by Crippen LogP contribution is 2.09. The molecule has 1 rings (SSSR count). The summed E-state index contributed by atoms with van der Waals surface area (Å²) in [4.78, 5) is 4.20. The number of ether oxygens (including phenoxy) is 1. The van der Waals surface area contributed by atoms with Crippen molar-refractivity contribution in [1.82, 2.24) is 4.98 Å². The van der Waals surface area contributed by atoms with Crippen molar-refractivity contribution in [3.05, 3.63) is 16.1 Å². The fourth-order valence-corrected chi connectivity index (χ4v) is 1.46. The minimum Gasteiger partial charge on any atom is -0.484 e. The van der Waals surface area contributed by atoms with Crippen molar-refractivity contribution < 1.29 is 4.74 Å². The fraction of sp³-hybridized carbons (Fsp3) is 0.429. The highest BCUT2D eigenvalue weighted by atomic mass is 32.1. The molecule has 1 N–H and O–H groups in total. The van der Waals surface area contributed by atoms with Gasteiger partial charge in [0.2, 0.25) is 0 Å². The Balaban J connectivity index is 2.57. The van der Waals surface area contributed by atoms with Gasteiger partial charge in [-0.05, 0) is 6.92 Å². The number of methoxy groups -OCH3 is 1. The van der Waals surface area contributed by atoms with E-state index in [-0.39, 0.29) is 5.90 Å². The molecule has 3 nitrogen and oxygen atoms in total. The first-order chi connectivity index (χ1) is 5.22. The molecule has 0 saturated heterocycles. The van der Waals surface area contributed by atoms with Gasteiger partial charge in [0.25, 0.3) is 0 Å². The third-order valence-corrected chi connectivity index (χ3v) is 2.19. The molecule has 0 unspecified atom stereocenters. The zero-order chi connectivity index (χ0) is 8.27. The number of aromatic nitrogens is 1. The predicted molar refractivity (Wildman–Crippen MR) is 45.3 cm³/mol. The zero-order valence-electron chi connectivity index (χ0n) is 6.55. The third kappa shape index (κ3) is 2.31. The number of hydrogen-bond donors (Lipinski definition) is 1. The maximum atomic E-state index is 7.23. The van der Waals surface area contributed by atoms with Crippen LogP contribution in [0.3, 0.4) is 0 Å². The van der Waals surface area contributed by atoms with Crippen LogP contribution in [0, 0.1) is 12.3 Å². The molecule has 0 aliphatic carbocycles. The van der Waals surface area contributed by atoms with E-state index in [4.69, 9.17) is 10.1 Å². The van der Waals surface area contributed by atoms with Crippen LogP contribution in [-0.2, 0) is 11.2 Å². The van der Waals surface area contributed by atoms with Crippen LogP contribution in [0.2, 0.25) is 0 Å². The summed E-state index contributed by atoms with van der Waals surface area (Å²) in [7, 11) is 1.50. The standard InChI is InChI=1S/C7H10N2OS/c1-5-4-11-7(9-5)3-6(8)10-2/h4,8H,3H2,1-2H3. The third-order valence-electron chi connectivity index (χ3n) is 1.22. The van der Waals surface area contributed by atoms with E-state index in [1.165, 1.54) is 7.11 Å². The summed E-state index contributed by atoms with van der Waals surface area (Å²) >= 11 is 1.56. The Morgan fingerprint density at radius 3 is 3.00 bits per heavy atom. The lowest BCUT2D eigenvalue weighted by Crippen LogP contribution is -2.02. The van der Waals surface area contributed by atoms with E-state index in [1.807, 2.05) is 12.3 Å². The van der Waals surface area contributed by atoms with Crippen LogP contribution in [0.1, 0.15) is 10.7 Å². The smallest absolute Gasteiger partial charge is 0.187 e. The molecule has 0 bridgehead atoms. The summed E-state index contributed by atoms with van der Waals surface area (Å²) in [6, 6.07) is 0. The van der Waals surface area contributed by atoms with Crippen LogP contribution in [0.4, 0.5) is 0 Å². The van der Waals surface area contributed by atoms with Crippen molar-refractivity contribution in [2.24, 2.45) is 0 Å². The van der Waals surface area contributed by atoms with Gasteiger partial charge in [0.1, 0.15) is 5.01 Å². The topological polar surface area (TPSA) is 46.0 Å². The van der Waals surface area contributed by atoms with Crippen molar-refractivity contribution in [1.29, 1.82) is 5.41 Å². The van der Waals surface area contributed by atoms with Crippen LogP contribution in [-0.4, -0.2) is 18.0 Å². The van der Waals surface area contributed by atoms with Gasteiger partial charge in [0, 0.05) is 11.1 Å². The second-order valence-corrected chi connectivity index (χ2v) is 3.13. The molecule has 0 radical (unpaired) electrons. The summed E-state index contributed by atoms with van der Waals surface area (Å²) in [5, 5.41) is 10.1. The van der Waals surface area contributed by atoms with E-state index in [0.717, 1.165) is 10.7 Å². The van der Waals surface area contributed by atoms with Gasteiger partial charge in [-0.2, -0.15) is 0 Å². The van der Waals surface area contributed by atoms with Crippen molar-refractivity contribution in [3.63, 3.8) is 0 Å². The largest absolute Gasteiger partial charge is 0.484 e. The summed E-state index contributed by atoms with van der Waals surface area (Å²) in [5.41, 5.74) is 1.01. The van der Waals surface area contributed by atoms with Gasteiger partial charge in [-0.1, -0.05) is 0 Å². The van der Waals surface area contributed by atoms with E-state index in [9.17, 15) is 0 Å². The SMILES string of the molecule is COC(=N)Cc1nc(C)cs1. The van der Waals surface area contributed by atoms with Crippen LogP contribution >= 0.6 is 11.3 Å². The van der Waals surface area contributed by atoms with Crippen molar-refractivity contribution in [2.45, 2.75) is 13.3 Å². The number of aryl methyl sites for hydroxylation is 1. The van der Waals surface area contributed by atoms with Gasteiger partial charge in [-0.15, -0.1) is 11.3 Å². The molecule has 1 aromatic rings. The maximum absolute atomic E-state index is 7.23. The lowest BCUT2D eigenvalue weighted by Gasteiger charge is -1.96. The van der Waals surface area contributed by atoms with Gasteiger partial charge >= 0.3 is 0 Å². The summed E-state index contributed by atoms with van der Waals surface area (Å²) < 4.78 is 4.71. The molecule has 4 heteroatoms. The predicted octanol–water partition coefficient (Wildman–Crippen LogP) is 1.62. The van der Waals surface area contributed by atoms with Gasteiger partial charge in [0.05, 0.1) is 13.5 Å². The molecule has 0 spiro atoms. The van der Waals surface area contributed by atoms with E-state index in [0.29, 0.717) is 6.42 Å². The minimum absolute atomic E-state index is 0.263. The van der Waals surface area contributed by atoms with Gasteiger partial charge in [-0.3, -0.25) is 5.41 Å². The van der Waals surface area contributed by atoms with Crippen LogP contribution in [0.15, 0.2) is 5.38 Å². The van der Waals surface area contributed by atoms with E-state index in [2.05, 4.69) is 4.98 Å². The summed E-state index contributed by atoms with van der Waals surface area (Å²) in [5.74, 6) is 0.263. The Hall–Kier alpha value is -0.900. The van der Waals surface area contributed by atoms with Gasteiger partial charge in [-0.25, -0.2) is 4.98 Å². The average Bonchev–Trinajstić information content (AvgIpc) is 2.35. The van der Waals surface area contributed by atoms with Crippen molar-refractivity contribution in [2.75, 3.05) is 7.11 Å². The summed E-state index contributed by atoms with van der Waals surface area (Å²) in [6.45, 7) is 1.94. The number of nitrogens with one attached hydrogen (secondary N) is 1. The average molecular weight is 170 g/mol. The zero-order valence-corrected chi connectivity index (χ0v) is 7.36. The van der Waals surface area contributed by atoms with E-state index < -0.39 is 0 Å². The highest BCUT2D eigenvalue weighted by Gasteiger charge is 2.01. The molecule has 0 aromatic carbocycles. The lowest BCUT2D eigenvalue weighted by molar-refractivity contribution is 0.390. The second kappa shape index (κ2) is 3.48. The lowest BCUT2D eigenvalue weighted by atomic mass is 10.4. The first-order valence-corrected chi connectivity index (χ1v) is 4.12. The molecular formula is C7H10N2OS. The Bertz CT molecular complexity index is 257. The quantitative estimate of drug-likeness (QED) is 0.541. The number of nitrogens with zero attached hydrogens (tertiary/aromatic N) is 1. The molecular weight excluding hydrogens is 160 g/mol. The van der Waals surface area contributed by atoms with Crippen LogP contribution < -0.4 is 0 Å². The van der Waals surface area contributed by atoms with Gasteiger partial charge < -0.3 is 4.74 Å². The fourth-order valence-electron chi connectivity index (χ4n) is 0.693. The van der Waals surface area contributed by atoms with Crippen molar-refractivity contribution in [3.8, 4) is 0 Å². The molecule has 0 aliphatic rings. The summed E-state index contributed by atoms with van der Waals surface area (Å²) in [6.07, 6.45) is 0.509. The maximum Gasteiger partial charge on any atom is 0.187 e. The Labute approximate surface area is 69.6 Å². The molecule has 0 atom stereocenters. The molecule has 0 saturated carbocycles.